The minimum Gasteiger partial charge on any atom is -0.496 e. The van der Waals surface area contributed by atoms with Crippen molar-refractivity contribution >= 4 is 0 Å². The molecule has 0 aliphatic carbocycles. The molecule has 0 fully saturated rings. The maximum atomic E-state index is 10.5. The van der Waals surface area contributed by atoms with Crippen LogP contribution >= 0.6 is 0 Å². The zero-order chi connectivity index (χ0) is 21.8. The summed E-state index contributed by atoms with van der Waals surface area (Å²) >= 11 is 0. The van der Waals surface area contributed by atoms with Crippen LogP contribution in [0.1, 0.15) is 56.3 Å². The van der Waals surface area contributed by atoms with Crippen LogP contribution in [0.15, 0.2) is 42.5 Å². The van der Waals surface area contributed by atoms with Crippen molar-refractivity contribution in [2.24, 2.45) is 0 Å². The van der Waals surface area contributed by atoms with Crippen molar-refractivity contribution in [3.05, 3.63) is 53.6 Å². The zero-order valence-corrected chi connectivity index (χ0v) is 18.9. The molecule has 0 bridgehead atoms. The third kappa shape index (κ3) is 7.22. The fourth-order valence-electron chi connectivity index (χ4n) is 3.68. The standard InChI is InChI=1S/C25H37NO4/c1-5-26(19-21-12-9-10-14-23(21)28-2)17-11-7-6-8-13-22(27)20-15-16-24(29-3)25(18-20)30-4/h9-10,12,14-16,18,22,27H,5-8,11,13,17,19H2,1-4H3. The average Bonchev–Trinajstić information content (AvgIpc) is 2.79. The van der Waals surface area contributed by atoms with E-state index in [1.807, 2.05) is 30.3 Å². The van der Waals surface area contributed by atoms with Gasteiger partial charge in [0.15, 0.2) is 11.5 Å². The van der Waals surface area contributed by atoms with Gasteiger partial charge in [-0.2, -0.15) is 0 Å². The highest BCUT2D eigenvalue weighted by atomic mass is 16.5. The van der Waals surface area contributed by atoms with E-state index >= 15 is 0 Å². The summed E-state index contributed by atoms with van der Waals surface area (Å²) in [4.78, 5) is 2.45. The molecule has 2 aromatic rings. The number of unbranched alkanes of at least 4 members (excludes halogenated alkanes) is 3. The first-order chi connectivity index (χ1) is 14.6. The van der Waals surface area contributed by atoms with Gasteiger partial charge in [-0.3, -0.25) is 4.90 Å². The number of rotatable bonds is 14. The highest BCUT2D eigenvalue weighted by molar-refractivity contribution is 5.43. The summed E-state index contributed by atoms with van der Waals surface area (Å²) in [6.45, 7) is 5.22. The lowest BCUT2D eigenvalue weighted by atomic mass is 10.0. The fraction of sp³-hybridized carbons (Fsp3) is 0.520. The molecule has 5 heteroatoms. The number of aliphatic hydroxyl groups is 1. The first kappa shape index (κ1) is 24.0. The van der Waals surface area contributed by atoms with Crippen molar-refractivity contribution in [1.29, 1.82) is 0 Å². The predicted molar refractivity (Wildman–Crippen MR) is 122 cm³/mol. The summed E-state index contributed by atoms with van der Waals surface area (Å²) in [7, 11) is 4.96. The number of aliphatic hydroxyl groups excluding tert-OH is 1. The first-order valence-corrected chi connectivity index (χ1v) is 10.9. The van der Waals surface area contributed by atoms with Crippen molar-refractivity contribution in [3.63, 3.8) is 0 Å². The Labute approximate surface area is 181 Å². The molecule has 0 heterocycles. The van der Waals surface area contributed by atoms with E-state index in [9.17, 15) is 5.11 Å². The number of nitrogens with zero attached hydrogens (tertiary/aromatic N) is 1. The number of hydrogen-bond acceptors (Lipinski definition) is 5. The molecule has 0 aliphatic rings. The van der Waals surface area contributed by atoms with Gasteiger partial charge in [-0.05, 0) is 49.7 Å². The molecule has 0 amide bonds. The summed E-state index contributed by atoms with van der Waals surface area (Å²) in [5, 5.41) is 10.5. The van der Waals surface area contributed by atoms with E-state index in [0.717, 1.165) is 56.6 Å². The fourth-order valence-corrected chi connectivity index (χ4v) is 3.68. The topological polar surface area (TPSA) is 51.2 Å². The van der Waals surface area contributed by atoms with E-state index in [2.05, 4.69) is 24.0 Å². The van der Waals surface area contributed by atoms with Gasteiger partial charge in [0.25, 0.3) is 0 Å². The summed E-state index contributed by atoms with van der Waals surface area (Å²) in [6.07, 6.45) is 4.75. The highest BCUT2D eigenvalue weighted by Crippen LogP contribution is 2.31. The maximum absolute atomic E-state index is 10.5. The van der Waals surface area contributed by atoms with Gasteiger partial charge in [0.1, 0.15) is 5.75 Å². The minimum absolute atomic E-state index is 0.470. The number of ether oxygens (including phenoxy) is 3. The molecule has 30 heavy (non-hydrogen) atoms. The Morgan fingerprint density at radius 3 is 2.23 bits per heavy atom. The molecule has 0 saturated heterocycles. The Morgan fingerprint density at radius 2 is 1.53 bits per heavy atom. The molecule has 166 valence electrons. The lowest BCUT2D eigenvalue weighted by Gasteiger charge is -2.21. The average molecular weight is 416 g/mol. The Hall–Kier alpha value is -2.24. The number of methoxy groups -OCH3 is 3. The van der Waals surface area contributed by atoms with Crippen molar-refractivity contribution in [3.8, 4) is 17.2 Å². The molecule has 2 rings (SSSR count). The molecule has 1 N–H and O–H groups in total. The number of hydrogen-bond donors (Lipinski definition) is 1. The zero-order valence-electron chi connectivity index (χ0n) is 18.9. The molecule has 5 nitrogen and oxygen atoms in total. The predicted octanol–water partition coefficient (Wildman–Crippen LogP) is 5.22. The number of benzene rings is 2. The van der Waals surface area contributed by atoms with Crippen molar-refractivity contribution < 1.29 is 19.3 Å². The lowest BCUT2D eigenvalue weighted by Crippen LogP contribution is -2.24. The van der Waals surface area contributed by atoms with E-state index in [-0.39, 0.29) is 0 Å². The molecule has 1 unspecified atom stereocenters. The molecule has 0 saturated carbocycles. The van der Waals surface area contributed by atoms with Gasteiger partial charge in [-0.15, -0.1) is 0 Å². The quantitative estimate of drug-likeness (QED) is 0.429. The van der Waals surface area contributed by atoms with E-state index in [1.54, 1.807) is 21.3 Å². The van der Waals surface area contributed by atoms with Crippen LogP contribution in [0.3, 0.4) is 0 Å². The van der Waals surface area contributed by atoms with Gasteiger partial charge < -0.3 is 19.3 Å². The third-order valence-electron chi connectivity index (χ3n) is 5.53. The van der Waals surface area contributed by atoms with E-state index in [0.29, 0.717) is 11.5 Å². The molecule has 0 aromatic heterocycles. The Morgan fingerprint density at radius 1 is 0.833 bits per heavy atom. The van der Waals surface area contributed by atoms with Crippen LogP contribution in [0, 0.1) is 0 Å². The SMILES string of the molecule is CCN(CCCCCCC(O)c1ccc(OC)c(OC)c1)Cc1ccccc1OC. The van der Waals surface area contributed by atoms with Crippen molar-refractivity contribution in [1.82, 2.24) is 4.90 Å². The van der Waals surface area contributed by atoms with Crippen LogP contribution in [0.5, 0.6) is 17.2 Å². The van der Waals surface area contributed by atoms with Crippen LogP contribution in [-0.2, 0) is 6.54 Å². The van der Waals surface area contributed by atoms with Crippen LogP contribution in [0.25, 0.3) is 0 Å². The van der Waals surface area contributed by atoms with E-state index in [4.69, 9.17) is 14.2 Å². The Bertz CT molecular complexity index is 750. The van der Waals surface area contributed by atoms with Gasteiger partial charge in [0.2, 0.25) is 0 Å². The van der Waals surface area contributed by atoms with Gasteiger partial charge in [0, 0.05) is 12.1 Å². The van der Waals surface area contributed by atoms with E-state index in [1.165, 1.54) is 12.0 Å². The smallest absolute Gasteiger partial charge is 0.161 e. The van der Waals surface area contributed by atoms with E-state index < -0.39 is 6.10 Å². The summed E-state index contributed by atoms with van der Waals surface area (Å²) in [5.74, 6) is 2.30. The third-order valence-corrected chi connectivity index (χ3v) is 5.53. The molecular formula is C25H37NO4. The lowest BCUT2D eigenvalue weighted by molar-refractivity contribution is 0.162. The largest absolute Gasteiger partial charge is 0.496 e. The highest BCUT2D eigenvalue weighted by Gasteiger charge is 2.12. The second-order valence-electron chi connectivity index (χ2n) is 7.51. The molecule has 1 atom stereocenters. The molecule has 0 radical (unpaired) electrons. The number of para-hydroxylation sites is 1. The summed E-state index contributed by atoms with van der Waals surface area (Å²) in [6, 6.07) is 13.8. The summed E-state index contributed by atoms with van der Waals surface area (Å²) in [5.41, 5.74) is 2.11. The van der Waals surface area contributed by atoms with Crippen LogP contribution in [-0.4, -0.2) is 44.4 Å². The van der Waals surface area contributed by atoms with Crippen LogP contribution < -0.4 is 14.2 Å². The normalized spacial score (nSPS) is 12.1. The van der Waals surface area contributed by atoms with Gasteiger partial charge in [0.05, 0.1) is 27.4 Å². The van der Waals surface area contributed by atoms with Gasteiger partial charge in [-0.1, -0.05) is 50.5 Å². The molecular weight excluding hydrogens is 378 g/mol. The molecule has 2 aromatic carbocycles. The monoisotopic (exact) mass is 415 g/mol. The molecule has 0 aliphatic heterocycles. The molecule has 0 spiro atoms. The van der Waals surface area contributed by atoms with Crippen LogP contribution in [0.2, 0.25) is 0 Å². The Balaban J connectivity index is 1.69. The maximum Gasteiger partial charge on any atom is 0.161 e. The summed E-state index contributed by atoms with van der Waals surface area (Å²) < 4.78 is 16.1. The van der Waals surface area contributed by atoms with Gasteiger partial charge >= 0.3 is 0 Å². The van der Waals surface area contributed by atoms with Crippen molar-refractivity contribution in [2.45, 2.75) is 51.7 Å². The van der Waals surface area contributed by atoms with Gasteiger partial charge in [-0.25, -0.2) is 0 Å². The van der Waals surface area contributed by atoms with Crippen molar-refractivity contribution in [2.75, 3.05) is 34.4 Å². The first-order valence-electron chi connectivity index (χ1n) is 10.9. The van der Waals surface area contributed by atoms with Crippen LogP contribution in [0.4, 0.5) is 0 Å². The second kappa shape index (κ2) is 13.1. The Kier molecular flexibility index (Phi) is 10.5. The second-order valence-corrected chi connectivity index (χ2v) is 7.51. The minimum atomic E-state index is -0.470.